The molecule has 8 heteroatoms. The number of aromatic hydroxyl groups is 1. The minimum Gasteiger partial charge on any atom is -0.508 e. The van der Waals surface area contributed by atoms with Gasteiger partial charge in [0.05, 0.1) is 5.31 Å². The van der Waals surface area contributed by atoms with Crippen LogP contribution in [0.3, 0.4) is 0 Å². The van der Waals surface area contributed by atoms with Crippen molar-refractivity contribution >= 4 is 18.5 Å². The molecule has 0 spiro atoms. The van der Waals surface area contributed by atoms with E-state index in [1.165, 1.54) is 18.2 Å². The number of hydrogen-bond acceptors (Lipinski definition) is 4. The van der Waals surface area contributed by atoms with E-state index in [-0.39, 0.29) is 33.6 Å². The maximum Gasteiger partial charge on any atom is 0.175 e. The van der Waals surface area contributed by atoms with E-state index in [1.807, 2.05) is 5.92 Å². The van der Waals surface area contributed by atoms with Crippen LogP contribution in [-0.2, 0) is 4.74 Å². The number of terminal acetylenes is 1. The van der Waals surface area contributed by atoms with Crippen molar-refractivity contribution in [2.45, 2.75) is 6.92 Å². The van der Waals surface area contributed by atoms with Crippen LogP contribution < -0.4 is 4.74 Å². The lowest BCUT2D eigenvalue weighted by atomic mass is 10.3. The van der Waals surface area contributed by atoms with Crippen molar-refractivity contribution in [2.24, 2.45) is 0 Å². The predicted molar refractivity (Wildman–Crippen MR) is 113 cm³/mol. The van der Waals surface area contributed by atoms with E-state index in [0.717, 1.165) is 6.08 Å². The maximum absolute atomic E-state index is 14.9. The van der Waals surface area contributed by atoms with Crippen molar-refractivity contribution in [3.05, 3.63) is 82.5 Å². The van der Waals surface area contributed by atoms with Crippen molar-refractivity contribution in [1.82, 2.24) is 0 Å². The summed E-state index contributed by atoms with van der Waals surface area (Å²) >= 11 is 0. The number of alkyl halides is 1. The van der Waals surface area contributed by atoms with Crippen molar-refractivity contribution in [1.29, 1.82) is 0 Å². The quantitative estimate of drug-likeness (QED) is 0.254. The van der Waals surface area contributed by atoms with Crippen molar-refractivity contribution < 1.29 is 28.5 Å². The molecule has 2 unspecified atom stereocenters. The van der Waals surface area contributed by atoms with E-state index < -0.39 is 24.0 Å². The van der Waals surface area contributed by atoms with E-state index in [9.17, 15) is 19.0 Å². The summed E-state index contributed by atoms with van der Waals surface area (Å²) in [6, 6.07) is 5.86. The molecule has 1 aromatic rings. The van der Waals surface area contributed by atoms with Crippen LogP contribution in [0, 0.1) is 12.3 Å². The highest BCUT2D eigenvalue weighted by Crippen LogP contribution is 2.34. The highest BCUT2D eigenvalue weighted by Gasteiger charge is 2.18. The Kier molecular flexibility index (Phi) is 9.45. The fourth-order valence-electron chi connectivity index (χ4n) is 1.83. The number of ether oxygens (including phenoxy) is 2. The zero-order chi connectivity index (χ0) is 21.3. The topological polar surface area (TPSA) is 58.9 Å². The maximum atomic E-state index is 14.9. The van der Waals surface area contributed by atoms with Gasteiger partial charge >= 0.3 is 0 Å². The first-order valence-corrected chi connectivity index (χ1v) is 8.96. The van der Waals surface area contributed by atoms with Gasteiger partial charge in [-0.1, -0.05) is 21.9 Å². The standard InChI is InChI=1S/C20H20F2O4P2/c1-4-13(23)9-15(5-2)25-17(11-21)18(22)20(28)19(12(3)27)26-16-8-6-7-14(24)10-16/h1,5-10,23-24H,3,11,27-28H2,2H3/b13-9+,15-5+,18-17-,20-19-. The SMILES string of the molecule is C#C/C(O)=C\C(=C/C)O/C(CF)=C(F)/C(P)=C(/Oc1cccc(O)c1)C(=C)P. The average Bonchev–Trinajstić information content (AvgIpc) is 2.67. The molecule has 0 radical (unpaired) electrons. The van der Waals surface area contributed by atoms with Gasteiger partial charge in [0.1, 0.15) is 23.0 Å². The number of aliphatic hydroxyl groups is 1. The molecule has 0 heterocycles. The van der Waals surface area contributed by atoms with Gasteiger partial charge in [0.15, 0.2) is 24.0 Å². The molecule has 4 nitrogen and oxygen atoms in total. The van der Waals surface area contributed by atoms with Gasteiger partial charge in [-0.2, -0.15) is 0 Å². The van der Waals surface area contributed by atoms with Crippen molar-refractivity contribution in [3.8, 4) is 23.8 Å². The first kappa shape index (κ1) is 23.4. The fourth-order valence-corrected chi connectivity index (χ4v) is 2.62. The second-order valence-corrected chi connectivity index (χ2v) is 6.48. The largest absolute Gasteiger partial charge is 0.508 e. The third kappa shape index (κ3) is 6.85. The predicted octanol–water partition coefficient (Wildman–Crippen LogP) is 5.39. The fraction of sp³-hybridized carbons (Fsp3) is 0.100. The summed E-state index contributed by atoms with van der Waals surface area (Å²) in [6.07, 6.45) is 7.46. The number of rotatable bonds is 8. The van der Waals surface area contributed by atoms with Crippen LogP contribution in [-0.4, -0.2) is 16.9 Å². The highest BCUT2D eigenvalue weighted by atomic mass is 31.0. The third-order valence-corrected chi connectivity index (χ3v) is 3.91. The van der Waals surface area contributed by atoms with Crippen LogP contribution in [0.1, 0.15) is 6.92 Å². The second kappa shape index (κ2) is 11.3. The van der Waals surface area contributed by atoms with E-state index in [4.69, 9.17) is 15.9 Å². The van der Waals surface area contributed by atoms with Crippen LogP contribution in [0.2, 0.25) is 0 Å². The van der Waals surface area contributed by atoms with E-state index in [2.05, 4.69) is 25.1 Å². The van der Waals surface area contributed by atoms with Crippen LogP contribution in [0.5, 0.6) is 11.5 Å². The zero-order valence-corrected chi connectivity index (χ0v) is 17.4. The highest BCUT2D eigenvalue weighted by molar-refractivity contribution is 7.24. The van der Waals surface area contributed by atoms with Crippen LogP contribution in [0.25, 0.3) is 0 Å². The molecule has 0 aromatic heterocycles. The molecule has 0 aliphatic carbocycles. The number of hydrogen-bond donors (Lipinski definition) is 2. The summed E-state index contributed by atoms with van der Waals surface area (Å²) in [5.41, 5.74) is 0. The molecule has 2 N–H and O–H groups in total. The monoisotopic (exact) mass is 424 g/mol. The summed E-state index contributed by atoms with van der Waals surface area (Å²) < 4.78 is 39.1. The molecular weight excluding hydrogens is 404 g/mol. The number of aliphatic hydroxyl groups excluding tert-OH is 1. The Bertz CT molecular complexity index is 909. The minimum absolute atomic E-state index is 0.0170. The summed E-state index contributed by atoms with van der Waals surface area (Å²) in [5.74, 6) is -0.0682. The van der Waals surface area contributed by atoms with Gasteiger partial charge in [-0.3, -0.25) is 0 Å². The van der Waals surface area contributed by atoms with Gasteiger partial charge in [-0.05, 0) is 31.1 Å². The number of phenolic OH excluding ortho intramolecular Hbond substituents is 1. The zero-order valence-electron chi connectivity index (χ0n) is 15.1. The van der Waals surface area contributed by atoms with Crippen LogP contribution in [0.4, 0.5) is 8.78 Å². The normalized spacial score (nSPS) is 13.9. The van der Waals surface area contributed by atoms with Crippen molar-refractivity contribution in [3.63, 3.8) is 0 Å². The molecular formula is C20H20F2O4P2. The lowest BCUT2D eigenvalue weighted by Crippen LogP contribution is -2.03. The molecule has 0 amide bonds. The first-order valence-electron chi connectivity index (χ1n) is 7.81. The Morgan fingerprint density at radius 3 is 2.57 bits per heavy atom. The Balaban J connectivity index is 3.34. The minimum atomic E-state index is -1.27. The lowest BCUT2D eigenvalue weighted by Gasteiger charge is -2.15. The lowest BCUT2D eigenvalue weighted by molar-refractivity contribution is 0.262. The Morgan fingerprint density at radius 1 is 1.39 bits per heavy atom. The molecule has 0 fully saturated rings. The molecule has 148 valence electrons. The number of allylic oxidation sites excluding steroid dienone is 7. The van der Waals surface area contributed by atoms with Crippen LogP contribution in [0.15, 0.2) is 82.5 Å². The van der Waals surface area contributed by atoms with Gasteiger partial charge in [0, 0.05) is 17.5 Å². The Hall–Kier alpha value is -2.60. The first-order chi connectivity index (χ1) is 13.2. The number of phenols is 1. The summed E-state index contributed by atoms with van der Waals surface area (Å²) in [7, 11) is 4.36. The summed E-state index contributed by atoms with van der Waals surface area (Å²) in [4.78, 5) is 0. The summed E-state index contributed by atoms with van der Waals surface area (Å²) in [6.45, 7) is 3.97. The van der Waals surface area contributed by atoms with E-state index in [1.54, 1.807) is 19.1 Å². The number of benzene rings is 1. The smallest absolute Gasteiger partial charge is 0.175 e. The van der Waals surface area contributed by atoms with Gasteiger partial charge in [-0.25, -0.2) is 8.78 Å². The third-order valence-electron chi connectivity index (χ3n) is 3.13. The second-order valence-electron chi connectivity index (χ2n) is 5.21. The van der Waals surface area contributed by atoms with Gasteiger partial charge in [0.2, 0.25) is 0 Å². The van der Waals surface area contributed by atoms with Gasteiger partial charge in [0.25, 0.3) is 0 Å². The molecule has 0 aliphatic rings. The molecule has 0 bridgehead atoms. The molecule has 0 saturated heterocycles. The molecule has 1 aromatic carbocycles. The molecule has 0 saturated carbocycles. The molecule has 28 heavy (non-hydrogen) atoms. The molecule has 0 aliphatic heterocycles. The Labute approximate surface area is 167 Å². The van der Waals surface area contributed by atoms with Crippen molar-refractivity contribution in [2.75, 3.05) is 6.67 Å². The molecule has 2 atom stereocenters. The van der Waals surface area contributed by atoms with E-state index in [0.29, 0.717) is 0 Å². The van der Waals surface area contributed by atoms with Crippen LogP contribution >= 0.6 is 18.5 Å². The number of halogens is 2. The van der Waals surface area contributed by atoms with Gasteiger partial charge in [-0.15, -0.1) is 15.7 Å². The van der Waals surface area contributed by atoms with E-state index >= 15 is 0 Å². The Morgan fingerprint density at radius 2 is 2.07 bits per heavy atom. The summed E-state index contributed by atoms with van der Waals surface area (Å²) in [5, 5.41) is 19.0. The van der Waals surface area contributed by atoms with Gasteiger partial charge < -0.3 is 19.7 Å². The molecule has 1 rings (SSSR count). The average molecular weight is 424 g/mol.